The molecule has 1 aromatic carbocycles. The molecular formula is C17H24N2O4. The van der Waals surface area contributed by atoms with Crippen LogP contribution in [0, 0.1) is 0 Å². The van der Waals surface area contributed by atoms with Gasteiger partial charge in [0.1, 0.15) is 6.61 Å². The minimum Gasteiger partial charge on any atom is -0.480 e. The Labute approximate surface area is 136 Å². The van der Waals surface area contributed by atoms with Crippen LogP contribution in [0.5, 0.6) is 0 Å². The van der Waals surface area contributed by atoms with Crippen molar-refractivity contribution in [1.29, 1.82) is 0 Å². The number of likely N-dealkylation sites (tertiary alicyclic amines) is 1. The van der Waals surface area contributed by atoms with Crippen molar-refractivity contribution in [3.8, 4) is 0 Å². The molecule has 0 radical (unpaired) electrons. The van der Waals surface area contributed by atoms with Crippen LogP contribution in [-0.4, -0.2) is 59.7 Å². The zero-order valence-electron chi connectivity index (χ0n) is 13.5. The van der Waals surface area contributed by atoms with Crippen molar-refractivity contribution in [3.05, 3.63) is 35.9 Å². The van der Waals surface area contributed by atoms with E-state index in [1.54, 1.807) is 16.8 Å². The highest BCUT2D eigenvalue weighted by Gasteiger charge is 2.29. The molecule has 6 nitrogen and oxygen atoms in total. The summed E-state index contributed by atoms with van der Waals surface area (Å²) < 4.78 is 5.41. The van der Waals surface area contributed by atoms with Gasteiger partial charge in [-0.05, 0) is 31.9 Å². The van der Waals surface area contributed by atoms with Gasteiger partial charge in [0.2, 0.25) is 0 Å². The maximum absolute atomic E-state index is 12.4. The predicted octanol–water partition coefficient (Wildman–Crippen LogP) is 2.19. The highest BCUT2D eigenvalue weighted by atomic mass is 16.6. The Kier molecular flexibility index (Phi) is 6.40. The van der Waals surface area contributed by atoms with Gasteiger partial charge in [-0.15, -0.1) is 0 Å². The lowest BCUT2D eigenvalue weighted by atomic mass is 10.0. The van der Waals surface area contributed by atoms with E-state index < -0.39 is 5.97 Å². The van der Waals surface area contributed by atoms with Crippen LogP contribution in [0.4, 0.5) is 4.79 Å². The van der Waals surface area contributed by atoms with Gasteiger partial charge in [0.25, 0.3) is 0 Å². The van der Waals surface area contributed by atoms with Crippen molar-refractivity contribution >= 4 is 12.1 Å². The lowest BCUT2D eigenvalue weighted by Crippen LogP contribution is -2.49. The molecule has 0 aliphatic carbocycles. The Morgan fingerprint density at radius 2 is 2.04 bits per heavy atom. The van der Waals surface area contributed by atoms with Crippen molar-refractivity contribution in [2.45, 2.75) is 31.9 Å². The number of hydrogen-bond acceptors (Lipinski definition) is 4. The Balaban J connectivity index is 1.89. The van der Waals surface area contributed by atoms with Crippen LogP contribution in [0.1, 0.15) is 24.8 Å². The number of carbonyl (C=O) groups excluding carboxylic acids is 1. The first-order chi connectivity index (χ1) is 11.1. The molecule has 126 valence electrons. The molecule has 1 amide bonds. The van der Waals surface area contributed by atoms with Gasteiger partial charge >= 0.3 is 12.1 Å². The van der Waals surface area contributed by atoms with Gasteiger partial charge in [0.05, 0.1) is 6.54 Å². The number of nitrogens with zero attached hydrogens (tertiary/aromatic N) is 2. The lowest BCUT2D eigenvalue weighted by molar-refractivity contribution is -0.138. The van der Waals surface area contributed by atoms with Crippen LogP contribution < -0.4 is 0 Å². The van der Waals surface area contributed by atoms with Crippen LogP contribution in [-0.2, 0) is 16.1 Å². The van der Waals surface area contributed by atoms with Gasteiger partial charge in [0.15, 0.2) is 0 Å². The standard InChI is InChI=1S/C17H24N2O4/c1-18(12-16(20)21)11-15-9-5-6-10-19(15)17(22)23-13-14-7-3-2-4-8-14/h2-4,7-8,15H,5-6,9-13H2,1H3,(H,20,21)/t15-/m1/s1. The second-order valence-electron chi connectivity index (χ2n) is 5.97. The lowest BCUT2D eigenvalue weighted by Gasteiger charge is -2.36. The molecule has 2 rings (SSSR count). The number of hydrogen-bond donors (Lipinski definition) is 1. The fraction of sp³-hybridized carbons (Fsp3) is 0.529. The zero-order valence-corrected chi connectivity index (χ0v) is 13.5. The van der Waals surface area contributed by atoms with Crippen molar-refractivity contribution in [1.82, 2.24) is 9.80 Å². The second kappa shape index (κ2) is 8.53. The van der Waals surface area contributed by atoms with Crippen molar-refractivity contribution < 1.29 is 19.4 Å². The molecule has 1 N–H and O–H groups in total. The summed E-state index contributed by atoms with van der Waals surface area (Å²) >= 11 is 0. The summed E-state index contributed by atoms with van der Waals surface area (Å²) in [5.41, 5.74) is 0.956. The minimum atomic E-state index is -0.860. The molecule has 1 atom stereocenters. The van der Waals surface area contributed by atoms with E-state index in [-0.39, 0.29) is 25.3 Å². The Bertz CT molecular complexity index is 521. The largest absolute Gasteiger partial charge is 0.480 e. The van der Waals surface area contributed by atoms with Gasteiger partial charge in [-0.1, -0.05) is 30.3 Å². The number of rotatable bonds is 6. The van der Waals surface area contributed by atoms with Gasteiger partial charge < -0.3 is 14.7 Å². The van der Waals surface area contributed by atoms with Crippen LogP contribution in [0.3, 0.4) is 0 Å². The highest BCUT2D eigenvalue weighted by Crippen LogP contribution is 2.19. The van der Waals surface area contributed by atoms with Crippen molar-refractivity contribution in [3.63, 3.8) is 0 Å². The molecular weight excluding hydrogens is 296 g/mol. The smallest absolute Gasteiger partial charge is 0.410 e. The molecule has 6 heteroatoms. The van der Waals surface area contributed by atoms with Gasteiger partial charge in [-0.3, -0.25) is 9.69 Å². The molecule has 1 aromatic rings. The summed E-state index contributed by atoms with van der Waals surface area (Å²) in [4.78, 5) is 26.6. The average Bonchev–Trinajstić information content (AvgIpc) is 2.53. The summed E-state index contributed by atoms with van der Waals surface area (Å²) in [5.74, 6) is -0.860. The third-order valence-corrected chi connectivity index (χ3v) is 3.99. The molecule has 0 saturated carbocycles. The molecule has 0 spiro atoms. The molecule has 0 bridgehead atoms. The molecule has 1 saturated heterocycles. The third-order valence-electron chi connectivity index (χ3n) is 3.99. The Hall–Kier alpha value is -2.08. The third kappa shape index (κ3) is 5.56. The maximum Gasteiger partial charge on any atom is 0.410 e. The first-order valence-corrected chi connectivity index (χ1v) is 7.94. The zero-order chi connectivity index (χ0) is 16.7. The van der Waals surface area contributed by atoms with E-state index in [4.69, 9.17) is 9.84 Å². The van der Waals surface area contributed by atoms with Crippen molar-refractivity contribution in [2.75, 3.05) is 26.7 Å². The number of carbonyl (C=O) groups is 2. The Morgan fingerprint density at radius 1 is 1.30 bits per heavy atom. The van der Waals surface area contributed by atoms with Gasteiger partial charge in [0, 0.05) is 19.1 Å². The fourth-order valence-corrected chi connectivity index (χ4v) is 2.89. The molecule has 1 heterocycles. The number of aliphatic carboxylic acids is 1. The quantitative estimate of drug-likeness (QED) is 0.870. The average molecular weight is 320 g/mol. The summed E-state index contributed by atoms with van der Waals surface area (Å²) in [5, 5.41) is 8.85. The Morgan fingerprint density at radius 3 is 2.74 bits per heavy atom. The number of carboxylic acids is 1. The number of amides is 1. The summed E-state index contributed by atoms with van der Waals surface area (Å²) in [7, 11) is 1.76. The van der Waals surface area contributed by atoms with E-state index in [2.05, 4.69) is 0 Å². The molecule has 23 heavy (non-hydrogen) atoms. The summed E-state index contributed by atoms with van der Waals surface area (Å²) in [6.07, 6.45) is 2.57. The second-order valence-corrected chi connectivity index (χ2v) is 5.97. The normalized spacial score (nSPS) is 18.0. The highest BCUT2D eigenvalue weighted by molar-refractivity contribution is 5.69. The SMILES string of the molecule is CN(CC(=O)O)C[C@H]1CCCCN1C(=O)OCc1ccccc1. The van der Waals surface area contributed by atoms with E-state index in [1.807, 2.05) is 30.3 Å². The monoisotopic (exact) mass is 320 g/mol. The van der Waals surface area contributed by atoms with E-state index in [9.17, 15) is 9.59 Å². The van der Waals surface area contributed by atoms with E-state index in [0.29, 0.717) is 13.1 Å². The van der Waals surface area contributed by atoms with Crippen LogP contribution >= 0.6 is 0 Å². The minimum absolute atomic E-state index is 0.0105. The van der Waals surface area contributed by atoms with Crippen LogP contribution in [0.2, 0.25) is 0 Å². The number of piperidine rings is 1. The van der Waals surface area contributed by atoms with E-state index >= 15 is 0 Å². The molecule has 1 fully saturated rings. The van der Waals surface area contributed by atoms with Gasteiger partial charge in [-0.25, -0.2) is 4.79 Å². The first-order valence-electron chi connectivity index (χ1n) is 7.94. The number of likely N-dealkylation sites (N-methyl/N-ethyl adjacent to an activating group) is 1. The number of carboxylic acid groups (broad SMARTS) is 1. The van der Waals surface area contributed by atoms with Crippen LogP contribution in [0.25, 0.3) is 0 Å². The van der Waals surface area contributed by atoms with E-state index in [1.165, 1.54) is 0 Å². The topological polar surface area (TPSA) is 70.1 Å². The van der Waals surface area contributed by atoms with Crippen molar-refractivity contribution in [2.24, 2.45) is 0 Å². The van der Waals surface area contributed by atoms with E-state index in [0.717, 1.165) is 24.8 Å². The fourth-order valence-electron chi connectivity index (χ4n) is 2.89. The number of benzene rings is 1. The molecule has 1 aliphatic heterocycles. The summed E-state index contributed by atoms with van der Waals surface area (Å²) in [6.45, 7) is 1.45. The van der Waals surface area contributed by atoms with Crippen LogP contribution in [0.15, 0.2) is 30.3 Å². The molecule has 1 aliphatic rings. The molecule has 0 aromatic heterocycles. The predicted molar refractivity (Wildman–Crippen MR) is 86.1 cm³/mol. The maximum atomic E-state index is 12.4. The van der Waals surface area contributed by atoms with Gasteiger partial charge in [-0.2, -0.15) is 0 Å². The summed E-state index contributed by atoms with van der Waals surface area (Å²) in [6, 6.07) is 9.59. The molecule has 0 unspecified atom stereocenters. The first kappa shape index (κ1) is 17.3. The number of ether oxygens (including phenoxy) is 1.